The molecule has 3 N–H and O–H groups in total. The average molecular weight is 372 g/mol. The second kappa shape index (κ2) is 8.05. The Balaban J connectivity index is 2.19. The highest BCUT2D eigenvalue weighted by Gasteiger charge is 2.23. The van der Waals surface area contributed by atoms with Crippen molar-refractivity contribution in [1.82, 2.24) is 5.32 Å². The third kappa shape index (κ3) is 5.09. The Morgan fingerprint density at radius 2 is 1.58 bits per heavy atom. The second-order valence-electron chi connectivity index (χ2n) is 6.97. The van der Waals surface area contributed by atoms with Crippen LogP contribution in [0.5, 0.6) is 5.75 Å². The fraction of sp³-hybridized carbons (Fsp3) is 0.263. The molecule has 0 bridgehead atoms. The van der Waals surface area contributed by atoms with Crippen molar-refractivity contribution in [3.63, 3.8) is 0 Å². The molecule has 0 aliphatic rings. The molecule has 0 saturated carbocycles. The SMILES string of the molecule is COc1ccc(C(NC(=O)O)C(=O)Nc2ccc([Si](C)(C)C)cc2)cc1. The minimum absolute atomic E-state index is 0.446. The molecule has 1 atom stereocenters. The molecule has 0 fully saturated rings. The van der Waals surface area contributed by atoms with E-state index in [0.29, 0.717) is 17.0 Å². The standard InChI is InChI=1S/C19H24N2O4Si/c1-25-15-9-5-13(6-10-15)17(21-19(23)24)18(22)20-14-7-11-16(12-8-14)26(2,3)4/h5-12,17,21H,1-4H3,(H,20,22)(H,23,24). The number of carbonyl (C=O) groups excluding carboxylic acids is 1. The average Bonchev–Trinajstić information content (AvgIpc) is 2.59. The molecule has 0 saturated heterocycles. The van der Waals surface area contributed by atoms with E-state index in [-0.39, 0.29) is 0 Å². The van der Waals surface area contributed by atoms with Crippen LogP contribution in [0.2, 0.25) is 19.6 Å². The van der Waals surface area contributed by atoms with Crippen LogP contribution < -0.4 is 20.6 Å². The summed E-state index contributed by atoms with van der Waals surface area (Å²) in [6.07, 6.45) is -1.27. The topological polar surface area (TPSA) is 87.7 Å². The van der Waals surface area contributed by atoms with E-state index in [0.717, 1.165) is 0 Å². The van der Waals surface area contributed by atoms with Crippen LogP contribution in [-0.2, 0) is 4.79 Å². The Bertz CT molecular complexity index is 768. The number of rotatable bonds is 6. The Morgan fingerprint density at radius 3 is 2.04 bits per heavy atom. The van der Waals surface area contributed by atoms with E-state index in [1.165, 1.54) is 5.19 Å². The van der Waals surface area contributed by atoms with Gasteiger partial charge in [-0.2, -0.15) is 0 Å². The minimum atomic E-state index is -1.42. The van der Waals surface area contributed by atoms with Gasteiger partial charge in [-0.05, 0) is 29.8 Å². The summed E-state index contributed by atoms with van der Waals surface area (Å²) in [6.45, 7) is 6.74. The largest absolute Gasteiger partial charge is 0.497 e. The first kappa shape index (κ1) is 19.5. The van der Waals surface area contributed by atoms with Gasteiger partial charge < -0.3 is 20.5 Å². The smallest absolute Gasteiger partial charge is 0.405 e. The number of hydrogen-bond donors (Lipinski definition) is 3. The van der Waals surface area contributed by atoms with E-state index in [1.807, 2.05) is 24.3 Å². The molecule has 0 heterocycles. The number of carbonyl (C=O) groups is 2. The third-order valence-electron chi connectivity index (χ3n) is 4.00. The van der Waals surface area contributed by atoms with Crippen molar-refractivity contribution >= 4 is 30.9 Å². The van der Waals surface area contributed by atoms with Crippen molar-refractivity contribution in [2.24, 2.45) is 0 Å². The fourth-order valence-electron chi connectivity index (χ4n) is 2.49. The van der Waals surface area contributed by atoms with Crippen LogP contribution >= 0.6 is 0 Å². The molecular weight excluding hydrogens is 348 g/mol. The number of methoxy groups -OCH3 is 1. The molecule has 2 aromatic rings. The third-order valence-corrected chi connectivity index (χ3v) is 6.06. The van der Waals surface area contributed by atoms with E-state index < -0.39 is 26.1 Å². The lowest BCUT2D eigenvalue weighted by atomic mass is 10.1. The second-order valence-corrected chi connectivity index (χ2v) is 12.0. The van der Waals surface area contributed by atoms with Crippen LogP contribution in [0.1, 0.15) is 11.6 Å². The molecule has 0 aromatic heterocycles. The highest BCUT2D eigenvalue weighted by molar-refractivity contribution is 6.88. The molecule has 2 amide bonds. The highest BCUT2D eigenvalue weighted by Crippen LogP contribution is 2.20. The quantitative estimate of drug-likeness (QED) is 0.680. The van der Waals surface area contributed by atoms with E-state index in [1.54, 1.807) is 31.4 Å². The van der Waals surface area contributed by atoms with Crippen molar-refractivity contribution in [3.05, 3.63) is 54.1 Å². The molecule has 0 radical (unpaired) electrons. The lowest BCUT2D eigenvalue weighted by Gasteiger charge is -2.19. The molecule has 2 aromatic carbocycles. The van der Waals surface area contributed by atoms with Gasteiger partial charge in [-0.25, -0.2) is 4.79 Å². The lowest BCUT2D eigenvalue weighted by molar-refractivity contribution is -0.118. The normalized spacial score (nSPS) is 12.2. The van der Waals surface area contributed by atoms with Gasteiger partial charge in [-0.15, -0.1) is 0 Å². The van der Waals surface area contributed by atoms with Gasteiger partial charge in [0, 0.05) is 5.69 Å². The summed E-state index contributed by atoms with van der Waals surface area (Å²) in [5.41, 5.74) is 1.16. The predicted octanol–water partition coefficient (Wildman–Crippen LogP) is 3.19. The van der Waals surface area contributed by atoms with Gasteiger partial charge in [0.05, 0.1) is 15.2 Å². The Labute approximate surface area is 154 Å². The predicted molar refractivity (Wildman–Crippen MR) is 105 cm³/mol. The lowest BCUT2D eigenvalue weighted by Crippen LogP contribution is -2.38. The summed E-state index contributed by atoms with van der Waals surface area (Å²) in [7, 11) is 0.124. The first-order valence-electron chi connectivity index (χ1n) is 8.25. The number of benzene rings is 2. The van der Waals surface area contributed by atoms with Crippen LogP contribution in [0.15, 0.2) is 48.5 Å². The number of carboxylic acid groups (broad SMARTS) is 1. The molecular formula is C19H24N2O4Si. The summed E-state index contributed by atoms with van der Waals surface area (Å²) >= 11 is 0. The van der Waals surface area contributed by atoms with Crippen LogP contribution in [-0.4, -0.2) is 32.3 Å². The van der Waals surface area contributed by atoms with Crippen molar-refractivity contribution < 1.29 is 19.4 Å². The molecule has 138 valence electrons. The fourth-order valence-corrected chi connectivity index (χ4v) is 3.65. The van der Waals surface area contributed by atoms with Gasteiger partial charge in [0.25, 0.3) is 5.91 Å². The molecule has 0 aliphatic carbocycles. The monoisotopic (exact) mass is 372 g/mol. The van der Waals surface area contributed by atoms with Crippen LogP contribution in [0, 0.1) is 0 Å². The summed E-state index contributed by atoms with van der Waals surface area (Å²) in [6, 6.07) is 13.4. The van der Waals surface area contributed by atoms with Gasteiger partial charge in [0.1, 0.15) is 11.8 Å². The number of anilines is 1. The maximum absolute atomic E-state index is 12.6. The van der Waals surface area contributed by atoms with Gasteiger partial charge in [0.15, 0.2) is 0 Å². The summed E-state index contributed by atoms with van der Waals surface area (Å²) in [5, 5.41) is 15.4. The Morgan fingerprint density at radius 1 is 1.00 bits per heavy atom. The van der Waals surface area contributed by atoms with Gasteiger partial charge in [-0.3, -0.25) is 4.79 Å². The molecule has 26 heavy (non-hydrogen) atoms. The van der Waals surface area contributed by atoms with Gasteiger partial charge in [-0.1, -0.05) is 49.1 Å². The highest BCUT2D eigenvalue weighted by atomic mass is 28.3. The molecule has 0 aliphatic heterocycles. The van der Waals surface area contributed by atoms with E-state index >= 15 is 0 Å². The molecule has 7 heteroatoms. The van der Waals surface area contributed by atoms with Crippen molar-refractivity contribution in [3.8, 4) is 5.75 Å². The van der Waals surface area contributed by atoms with Crippen molar-refractivity contribution in [2.45, 2.75) is 25.7 Å². The maximum Gasteiger partial charge on any atom is 0.405 e. The number of ether oxygens (including phenoxy) is 1. The molecule has 2 rings (SSSR count). The van der Waals surface area contributed by atoms with E-state index in [9.17, 15) is 9.59 Å². The zero-order valence-corrected chi connectivity index (χ0v) is 16.4. The van der Waals surface area contributed by atoms with Gasteiger partial charge in [0.2, 0.25) is 0 Å². The zero-order valence-electron chi connectivity index (χ0n) is 15.4. The Kier molecular flexibility index (Phi) is 6.04. The maximum atomic E-state index is 12.6. The molecule has 1 unspecified atom stereocenters. The number of nitrogens with one attached hydrogen (secondary N) is 2. The summed E-state index contributed by atoms with van der Waals surface area (Å²) in [5.74, 6) is 0.184. The zero-order chi connectivity index (χ0) is 19.3. The van der Waals surface area contributed by atoms with Crippen LogP contribution in [0.25, 0.3) is 0 Å². The van der Waals surface area contributed by atoms with E-state index in [4.69, 9.17) is 9.84 Å². The first-order chi connectivity index (χ1) is 12.2. The first-order valence-corrected chi connectivity index (χ1v) is 11.8. The van der Waals surface area contributed by atoms with Gasteiger partial charge >= 0.3 is 6.09 Å². The van der Waals surface area contributed by atoms with Crippen LogP contribution in [0.3, 0.4) is 0 Å². The minimum Gasteiger partial charge on any atom is -0.497 e. The summed E-state index contributed by atoms with van der Waals surface area (Å²) < 4.78 is 5.09. The van der Waals surface area contributed by atoms with Crippen LogP contribution in [0.4, 0.5) is 10.5 Å². The van der Waals surface area contributed by atoms with E-state index in [2.05, 4.69) is 30.3 Å². The number of amides is 2. The summed E-state index contributed by atoms with van der Waals surface area (Å²) in [4.78, 5) is 23.7. The van der Waals surface area contributed by atoms with Crippen molar-refractivity contribution in [2.75, 3.05) is 12.4 Å². The molecule has 0 spiro atoms. The Hall–Kier alpha value is -2.80. The number of hydrogen-bond acceptors (Lipinski definition) is 3. The van der Waals surface area contributed by atoms with Crippen molar-refractivity contribution in [1.29, 1.82) is 0 Å². The molecule has 6 nitrogen and oxygen atoms in total.